The van der Waals surface area contributed by atoms with Crippen LogP contribution in [0.5, 0.6) is 0 Å². The van der Waals surface area contributed by atoms with E-state index >= 15 is 0 Å². The summed E-state index contributed by atoms with van der Waals surface area (Å²) >= 11 is 0. The Hall–Kier alpha value is -1.83. The van der Waals surface area contributed by atoms with Crippen molar-refractivity contribution in [2.75, 3.05) is 6.54 Å². The van der Waals surface area contributed by atoms with Crippen LogP contribution in [-0.4, -0.2) is 40.6 Å². The quantitative estimate of drug-likeness (QED) is 0.434. The number of aliphatic carboxylic acids is 1. The lowest BCUT2D eigenvalue weighted by Crippen LogP contribution is -2.53. The number of carbonyl (C=O) groups is 3. The molecular formula is C8H16N4O4. The van der Waals surface area contributed by atoms with Crippen LogP contribution in [0.2, 0.25) is 0 Å². The maximum atomic E-state index is 10.9. The van der Waals surface area contributed by atoms with Gasteiger partial charge in [0, 0.05) is 0 Å². The summed E-state index contributed by atoms with van der Waals surface area (Å²) in [5.74, 6) is -1.32. The molecule has 1 atom stereocenters. The Morgan fingerprint density at radius 2 is 1.62 bits per heavy atom. The Morgan fingerprint density at radius 3 is 1.94 bits per heavy atom. The van der Waals surface area contributed by atoms with Gasteiger partial charge in [0.1, 0.15) is 6.04 Å². The maximum absolute atomic E-state index is 10.9. The first-order chi connectivity index (χ1) is 7.41. The molecule has 0 rings (SSSR count). The predicted octanol–water partition coefficient (Wildman–Crippen LogP) is -0.972. The van der Waals surface area contributed by atoms with Crippen molar-refractivity contribution in [3.63, 3.8) is 0 Å². The Labute approximate surface area is 92.4 Å². The highest BCUT2D eigenvalue weighted by Gasteiger charge is 2.31. The molecule has 0 heterocycles. The van der Waals surface area contributed by atoms with Crippen LogP contribution in [0.1, 0.15) is 19.3 Å². The lowest BCUT2D eigenvalue weighted by Gasteiger charge is -2.23. The Morgan fingerprint density at radius 1 is 1.12 bits per heavy atom. The average Bonchev–Trinajstić information content (AvgIpc) is 2.14. The molecule has 7 N–H and O–H groups in total. The molecule has 0 spiro atoms. The fourth-order valence-electron chi connectivity index (χ4n) is 1.26. The number of unbranched alkanes of at least 4 members (excludes halogenated alkanes) is 1. The van der Waals surface area contributed by atoms with E-state index in [1.807, 2.05) is 0 Å². The number of primary amides is 2. The van der Waals surface area contributed by atoms with E-state index in [-0.39, 0.29) is 6.42 Å². The van der Waals surface area contributed by atoms with Gasteiger partial charge in [-0.3, -0.25) is 0 Å². The fourth-order valence-corrected chi connectivity index (χ4v) is 1.26. The predicted molar refractivity (Wildman–Crippen MR) is 55.3 cm³/mol. The molecule has 0 aromatic carbocycles. The Balaban J connectivity index is 4.66. The van der Waals surface area contributed by atoms with E-state index in [1.54, 1.807) is 0 Å². The number of nitrogens with zero attached hydrogens (tertiary/aromatic N) is 1. The maximum Gasteiger partial charge on any atom is 0.327 e. The minimum absolute atomic E-state index is 0.0818. The van der Waals surface area contributed by atoms with Crippen molar-refractivity contribution in [1.29, 1.82) is 0 Å². The van der Waals surface area contributed by atoms with Gasteiger partial charge in [-0.15, -0.1) is 0 Å². The average molecular weight is 232 g/mol. The zero-order chi connectivity index (χ0) is 12.7. The molecule has 4 amide bonds. The molecule has 0 aromatic heterocycles. The van der Waals surface area contributed by atoms with Crippen molar-refractivity contribution in [3.05, 3.63) is 0 Å². The van der Waals surface area contributed by atoms with E-state index in [0.717, 1.165) is 0 Å². The number of imide groups is 1. The van der Waals surface area contributed by atoms with Crippen molar-refractivity contribution in [2.24, 2.45) is 17.2 Å². The molecule has 0 aromatic rings. The van der Waals surface area contributed by atoms with Crippen molar-refractivity contribution < 1.29 is 19.5 Å². The molecule has 8 heteroatoms. The van der Waals surface area contributed by atoms with Crippen LogP contribution in [0.4, 0.5) is 9.59 Å². The molecule has 0 radical (unpaired) electrons. The molecule has 0 aliphatic heterocycles. The second-order valence-electron chi connectivity index (χ2n) is 3.18. The Kier molecular flexibility index (Phi) is 5.86. The molecule has 8 nitrogen and oxygen atoms in total. The van der Waals surface area contributed by atoms with Crippen molar-refractivity contribution in [2.45, 2.75) is 25.3 Å². The van der Waals surface area contributed by atoms with Gasteiger partial charge in [0.05, 0.1) is 0 Å². The van der Waals surface area contributed by atoms with Crippen LogP contribution < -0.4 is 17.2 Å². The van der Waals surface area contributed by atoms with Crippen LogP contribution in [0.15, 0.2) is 0 Å². The number of hydrogen-bond donors (Lipinski definition) is 4. The lowest BCUT2D eigenvalue weighted by atomic mass is 10.1. The van der Waals surface area contributed by atoms with Gasteiger partial charge in [-0.05, 0) is 25.8 Å². The summed E-state index contributed by atoms with van der Waals surface area (Å²) in [4.78, 5) is 32.9. The number of carboxylic acid groups (broad SMARTS) is 1. The van der Waals surface area contributed by atoms with Gasteiger partial charge in [-0.1, -0.05) is 0 Å². The minimum atomic E-state index is -1.33. The molecule has 0 aliphatic carbocycles. The van der Waals surface area contributed by atoms with E-state index in [4.69, 9.17) is 22.3 Å². The first-order valence-electron chi connectivity index (χ1n) is 4.72. The molecule has 0 unspecified atom stereocenters. The van der Waals surface area contributed by atoms with E-state index in [2.05, 4.69) is 0 Å². The second-order valence-corrected chi connectivity index (χ2v) is 3.18. The molecule has 0 saturated carbocycles. The van der Waals surface area contributed by atoms with Gasteiger partial charge in [0.2, 0.25) is 0 Å². The summed E-state index contributed by atoms with van der Waals surface area (Å²) in [5.41, 5.74) is 15.0. The number of amides is 4. The van der Waals surface area contributed by atoms with Gasteiger partial charge < -0.3 is 22.3 Å². The number of carbonyl (C=O) groups excluding carboxylic acids is 2. The van der Waals surface area contributed by atoms with Gasteiger partial charge in [0.15, 0.2) is 0 Å². The summed E-state index contributed by atoms with van der Waals surface area (Å²) < 4.78 is 0. The second kappa shape index (κ2) is 6.62. The number of nitrogens with two attached hydrogens (primary N) is 3. The topological polar surface area (TPSA) is 153 Å². The monoisotopic (exact) mass is 232 g/mol. The standard InChI is InChI=1S/C8H16N4O4/c9-4-2-1-3-5(6(13)14)12(7(10)15)8(11)16/h5H,1-4,9H2,(H2,10,15)(H2,11,16)(H,13,14)/t5-/m0/s1. The van der Waals surface area contributed by atoms with Gasteiger partial charge in [0.25, 0.3) is 0 Å². The highest BCUT2D eigenvalue weighted by atomic mass is 16.4. The largest absolute Gasteiger partial charge is 0.480 e. The van der Waals surface area contributed by atoms with Crippen LogP contribution in [0.3, 0.4) is 0 Å². The minimum Gasteiger partial charge on any atom is -0.480 e. The first kappa shape index (κ1) is 14.2. The lowest BCUT2D eigenvalue weighted by molar-refractivity contribution is -0.141. The van der Waals surface area contributed by atoms with Crippen molar-refractivity contribution in [3.8, 4) is 0 Å². The van der Waals surface area contributed by atoms with Crippen LogP contribution in [0, 0.1) is 0 Å². The fraction of sp³-hybridized carbons (Fsp3) is 0.625. The molecule has 0 fully saturated rings. The molecule has 0 saturated heterocycles. The smallest absolute Gasteiger partial charge is 0.327 e. The van der Waals surface area contributed by atoms with Crippen LogP contribution in [-0.2, 0) is 4.79 Å². The van der Waals surface area contributed by atoms with Gasteiger partial charge in [-0.2, -0.15) is 0 Å². The summed E-state index contributed by atoms with van der Waals surface area (Å²) in [6.07, 6.45) is 1.14. The van der Waals surface area contributed by atoms with E-state index in [9.17, 15) is 14.4 Å². The molecule has 0 bridgehead atoms. The first-order valence-corrected chi connectivity index (χ1v) is 4.72. The number of carboxylic acids is 1. The molecule has 0 aliphatic rings. The Bertz CT molecular complexity index is 267. The van der Waals surface area contributed by atoms with Crippen molar-refractivity contribution in [1.82, 2.24) is 4.90 Å². The van der Waals surface area contributed by atoms with E-state index < -0.39 is 24.1 Å². The zero-order valence-electron chi connectivity index (χ0n) is 8.76. The molecule has 92 valence electrons. The third-order valence-corrected chi connectivity index (χ3v) is 2.00. The third-order valence-electron chi connectivity index (χ3n) is 2.00. The zero-order valence-corrected chi connectivity index (χ0v) is 8.76. The molecular weight excluding hydrogens is 216 g/mol. The van der Waals surface area contributed by atoms with Gasteiger partial charge >= 0.3 is 18.0 Å². The van der Waals surface area contributed by atoms with Crippen molar-refractivity contribution >= 4 is 18.0 Å². The highest BCUT2D eigenvalue weighted by molar-refractivity contribution is 5.96. The number of hydrogen-bond acceptors (Lipinski definition) is 4. The highest BCUT2D eigenvalue weighted by Crippen LogP contribution is 2.09. The van der Waals surface area contributed by atoms with E-state index in [0.29, 0.717) is 24.3 Å². The summed E-state index contributed by atoms with van der Waals surface area (Å²) in [6, 6.07) is -3.68. The third kappa shape index (κ3) is 4.13. The van der Waals surface area contributed by atoms with Crippen LogP contribution in [0.25, 0.3) is 0 Å². The summed E-state index contributed by atoms with van der Waals surface area (Å²) in [5, 5.41) is 8.85. The summed E-state index contributed by atoms with van der Waals surface area (Å²) in [6.45, 7) is 0.402. The van der Waals surface area contributed by atoms with Crippen LogP contribution >= 0.6 is 0 Å². The number of urea groups is 2. The SMILES string of the molecule is NCCCC[C@@H](C(=O)O)N(C(N)=O)C(N)=O. The number of rotatable bonds is 6. The van der Waals surface area contributed by atoms with Gasteiger partial charge in [-0.25, -0.2) is 19.3 Å². The normalized spacial score (nSPS) is 11.8. The molecule has 16 heavy (non-hydrogen) atoms. The van der Waals surface area contributed by atoms with E-state index in [1.165, 1.54) is 0 Å². The summed E-state index contributed by atoms with van der Waals surface area (Å²) in [7, 11) is 0.